The van der Waals surface area contributed by atoms with Crippen molar-refractivity contribution in [2.24, 2.45) is 0 Å². The molecule has 0 saturated carbocycles. The van der Waals surface area contributed by atoms with E-state index in [0.29, 0.717) is 16.7 Å². The Morgan fingerprint density at radius 3 is 2.29 bits per heavy atom. The summed E-state index contributed by atoms with van der Waals surface area (Å²) in [4.78, 5) is 37.2. The number of fused-ring (bicyclic) bond motifs is 1. The van der Waals surface area contributed by atoms with Crippen LogP contribution in [-0.4, -0.2) is 24.6 Å². The first-order chi connectivity index (χ1) is 13.2. The quantitative estimate of drug-likeness (QED) is 0.424. The van der Waals surface area contributed by atoms with Crippen LogP contribution in [0.3, 0.4) is 0 Å². The second-order valence-corrected chi connectivity index (χ2v) is 8.18. The predicted molar refractivity (Wildman–Crippen MR) is 108 cm³/mol. The number of hydrogen-bond donors (Lipinski definition) is 0. The molecule has 0 unspecified atom stereocenters. The summed E-state index contributed by atoms with van der Waals surface area (Å²) < 4.78 is 4.66. The zero-order valence-corrected chi connectivity index (χ0v) is 16.9. The van der Waals surface area contributed by atoms with Crippen LogP contribution in [0.2, 0.25) is 0 Å². The fourth-order valence-electron chi connectivity index (χ4n) is 4.18. The number of ether oxygens (including phenoxy) is 1. The molecular formula is C24H26O4. The van der Waals surface area contributed by atoms with Gasteiger partial charge in [0.05, 0.1) is 19.1 Å². The predicted octanol–water partition coefficient (Wildman–Crippen LogP) is 4.85. The summed E-state index contributed by atoms with van der Waals surface area (Å²) in [6.45, 7) is 6.33. The summed E-state index contributed by atoms with van der Waals surface area (Å²) in [5, 5.41) is 0. The molecule has 4 heteroatoms. The van der Waals surface area contributed by atoms with Gasteiger partial charge in [0.2, 0.25) is 0 Å². The fraction of sp³-hybridized carbons (Fsp3) is 0.375. The number of hydrogen-bond acceptors (Lipinski definition) is 4. The van der Waals surface area contributed by atoms with E-state index in [1.54, 1.807) is 24.3 Å². The smallest absolute Gasteiger partial charge is 0.337 e. The van der Waals surface area contributed by atoms with Crippen LogP contribution in [0.1, 0.15) is 80.9 Å². The van der Waals surface area contributed by atoms with E-state index < -0.39 is 5.97 Å². The van der Waals surface area contributed by atoms with Crippen LogP contribution in [0.4, 0.5) is 0 Å². The Kier molecular flexibility index (Phi) is 5.50. The summed E-state index contributed by atoms with van der Waals surface area (Å²) in [5.74, 6) is -0.842. The van der Waals surface area contributed by atoms with Gasteiger partial charge in [0.1, 0.15) is 0 Å². The number of aryl methyl sites for hydroxylation is 2. The molecule has 0 radical (unpaired) electrons. The molecule has 0 spiro atoms. The van der Waals surface area contributed by atoms with Gasteiger partial charge in [-0.2, -0.15) is 0 Å². The van der Waals surface area contributed by atoms with E-state index in [0.717, 1.165) is 30.4 Å². The van der Waals surface area contributed by atoms with Crippen molar-refractivity contribution >= 4 is 17.5 Å². The van der Waals surface area contributed by atoms with Gasteiger partial charge in [-0.05, 0) is 60.9 Å². The topological polar surface area (TPSA) is 60.4 Å². The van der Waals surface area contributed by atoms with Gasteiger partial charge >= 0.3 is 5.97 Å². The Balaban J connectivity index is 1.86. The van der Waals surface area contributed by atoms with Gasteiger partial charge in [-0.25, -0.2) is 4.79 Å². The third-order valence-corrected chi connectivity index (χ3v) is 5.54. The number of esters is 1. The number of benzene rings is 2. The molecular weight excluding hydrogens is 352 g/mol. The molecule has 1 aliphatic rings. The first-order valence-corrected chi connectivity index (χ1v) is 9.62. The van der Waals surface area contributed by atoms with Crippen LogP contribution in [-0.2, 0) is 16.6 Å². The van der Waals surface area contributed by atoms with Crippen molar-refractivity contribution in [1.82, 2.24) is 0 Å². The molecule has 2 aromatic carbocycles. The normalized spacial score (nSPS) is 14.9. The first kappa shape index (κ1) is 20.0. The Morgan fingerprint density at radius 2 is 1.64 bits per heavy atom. The van der Waals surface area contributed by atoms with Gasteiger partial charge in [0, 0.05) is 11.1 Å². The molecule has 0 amide bonds. The van der Waals surface area contributed by atoms with E-state index in [2.05, 4.69) is 24.7 Å². The molecule has 4 nitrogen and oxygen atoms in total. The summed E-state index contributed by atoms with van der Waals surface area (Å²) >= 11 is 0. The van der Waals surface area contributed by atoms with Crippen molar-refractivity contribution in [3.63, 3.8) is 0 Å². The first-order valence-electron chi connectivity index (χ1n) is 9.62. The van der Waals surface area contributed by atoms with E-state index in [4.69, 9.17) is 0 Å². The third-order valence-electron chi connectivity index (χ3n) is 5.54. The molecule has 0 saturated heterocycles. The molecule has 0 bridgehead atoms. The average Bonchev–Trinajstić information content (AvgIpc) is 2.66. The Bertz CT molecular complexity index is 936. The minimum absolute atomic E-state index is 0.0719. The SMILES string of the molecule is COC(=O)c1ccc(C(=O)CC(=O)c2cc(C)cc3c2C(C)(C)CCC3)cc1. The molecule has 0 atom stereocenters. The lowest BCUT2D eigenvalue weighted by atomic mass is 9.69. The van der Waals surface area contributed by atoms with Gasteiger partial charge in [0.15, 0.2) is 11.6 Å². The lowest BCUT2D eigenvalue weighted by Crippen LogP contribution is -2.27. The van der Waals surface area contributed by atoms with E-state index in [-0.39, 0.29) is 23.4 Å². The highest BCUT2D eigenvalue weighted by Crippen LogP contribution is 2.40. The highest BCUT2D eigenvalue weighted by atomic mass is 16.5. The lowest BCUT2D eigenvalue weighted by molar-refractivity contribution is 0.0600. The maximum atomic E-state index is 13.1. The van der Waals surface area contributed by atoms with Crippen LogP contribution in [0.15, 0.2) is 36.4 Å². The summed E-state index contributed by atoms with van der Waals surface area (Å²) in [6, 6.07) is 10.3. The van der Waals surface area contributed by atoms with Gasteiger partial charge in [0.25, 0.3) is 0 Å². The molecule has 3 rings (SSSR count). The third kappa shape index (κ3) is 3.91. The number of rotatable bonds is 5. The number of carbonyl (C=O) groups is 3. The summed E-state index contributed by atoms with van der Waals surface area (Å²) in [5.41, 5.74) is 4.78. The molecule has 0 aliphatic heterocycles. The maximum Gasteiger partial charge on any atom is 0.337 e. The monoisotopic (exact) mass is 378 g/mol. The van der Waals surface area contributed by atoms with Crippen LogP contribution < -0.4 is 0 Å². The standard InChI is InChI=1S/C24H26O4/c1-15-12-18-6-5-11-24(2,3)22(18)19(13-15)21(26)14-20(25)16-7-9-17(10-8-16)23(27)28-4/h7-10,12-13H,5-6,11,14H2,1-4H3. The minimum Gasteiger partial charge on any atom is -0.465 e. The van der Waals surface area contributed by atoms with E-state index in [9.17, 15) is 14.4 Å². The summed E-state index contributed by atoms with van der Waals surface area (Å²) in [7, 11) is 1.31. The van der Waals surface area contributed by atoms with Crippen molar-refractivity contribution in [3.05, 3.63) is 69.8 Å². The highest BCUT2D eigenvalue weighted by Gasteiger charge is 2.32. The minimum atomic E-state index is -0.455. The van der Waals surface area contributed by atoms with E-state index in [1.165, 1.54) is 12.7 Å². The molecule has 0 heterocycles. The second kappa shape index (κ2) is 7.70. The number of ketones is 2. The Hall–Kier alpha value is -2.75. The molecule has 1 aliphatic carbocycles. The van der Waals surface area contributed by atoms with Crippen molar-refractivity contribution < 1.29 is 19.1 Å². The zero-order valence-electron chi connectivity index (χ0n) is 16.9. The average molecular weight is 378 g/mol. The number of Topliss-reactive ketones (excluding diaryl/α,β-unsaturated/α-hetero) is 2. The van der Waals surface area contributed by atoms with Crippen molar-refractivity contribution in [3.8, 4) is 0 Å². The molecule has 0 fully saturated rings. The Labute approximate surface area is 165 Å². The fourth-order valence-corrected chi connectivity index (χ4v) is 4.18. The van der Waals surface area contributed by atoms with Crippen LogP contribution in [0.5, 0.6) is 0 Å². The molecule has 0 aromatic heterocycles. The largest absolute Gasteiger partial charge is 0.465 e. The van der Waals surface area contributed by atoms with Crippen LogP contribution in [0, 0.1) is 6.92 Å². The van der Waals surface area contributed by atoms with Gasteiger partial charge < -0.3 is 4.74 Å². The summed E-state index contributed by atoms with van der Waals surface area (Å²) in [6.07, 6.45) is 2.95. The van der Waals surface area contributed by atoms with Gasteiger partial charge in [-0.3, -0.25) is 9.59 Å². The van der Waals surface area contributed by atoms with Crippen molar-refractivity contribution in [1.29, 1.82) is 0 Å². The zero-order chi connectivity index (χ0) is 20.5. The second-order valence-electron chi connectivity index (χ2n) is 8.18. The molecule has 0 N–H and O–H groups in total. The van der Waals surface area contributed by atoms with Crippen molar-refractivity contribution in [2.75, 3.05) is 7.11 Å². The van der Waals surface area contributed by atoms with Crippen LogP contribution in [0.25, 0.3) is 0 Å². The number of methoxy groups -OCH3 is 1. The highest BCUT2D eigenvalue weighted by molar-refractivity contribution is 6.14. The molecule has 28 heavy (non-hydrogen) atoms. The van der Waals surface area contributed by atoms with E-state index in [1.807, 2.05) is 13.0 Å². The Morgan fingerprint density at radius 1 is 1.00 bits per heavy atom. The van der Waals surface area contributed by atoms with Crippen LogP contribution >= 0.6 is 0 Å². The van der Waals surface area contributed by atoms with Crippen molar-refractivity contribution in [2.45, 2.75) is 51.9 Å². The molecule has 146 valence electrons. The lowest BCUT2D eigenvalue weighted by Gasteiger charge is -2.34. The van der Waals surface area contributed by atoms with Gasteiger partial charge in [-0.1, -0.05) is 37.6 Å². The van der Waals surface area contributed by atoms with Gasteiger partial charge in [-0.15, -0.1) is 0 Å². The van der Waals surface area contributed by atoms with E-state index >= 15 is 0 Å². The molecule has 2 aromatic rings. The maximum absolute atomic E-state index is 13.1. The number of carbonyl (C=O) groups excluding carboxylic acids is 3.